The van der Waals surface area contributed by atoms with Gasteiger partial charge in [-0.05, 0) is 42.4 Å². The fraction of sp³-hybridized carbons (Fsp3) is 0.143. The average Bonchev–Trinajstić information content (AvgIpc) is 2.38. The summed E-state index contributed by atoms with van der Waals surface area (Å²) in [5.41, 5.74) is 0.838. The molecule has 0 heterocycles. The molecule has 0 aromatic heterocycles. The Kier molecular flexibility index (Phi) is 4.58. The molecule has 0 amide bonds. The van der Waals surface area contributed by atoms with Gasteiger partial charge in [-0.2, -0.15) is 0 Å². The van der Waals surface area contributed by atoms with Gasteiger partial charge in [-0.1, -0.05) is 29.3 Å². The smallest absolute Gasteiger partial charge is 0.160 e. The number of benzene rings is 2. The van der Waals surface area contributed by atoms with Crippen LogP contribution in [0, 0.1) is 17.5 Å². The molecule has 0 spiro atoms. The van der Waals surface area contributed by atoms with Crippen molar-refractivity contribution in [1.82, 2.24) is 5.32 Å². The second-order valence-electron chi connectivity index (χ2n) is 4.18. The van der Waals surface area contributed by atoms with Crippen molar-refractivity contribution in [2.75, 3.05) is 7.05 Å². The summed E-state index contributed by atoms with van der Waals surface area (Å²) in [5.74, 6) is -2.52. The summed E-state index contributed by atoms with van der Waals surface area (Å²) >= 11 is 11.9. The molecule has 20 heavy (non-hydrogen) atoms. The number of hydrogen-bond donors (Lipinski definition) is 1. The van der Waals surface area contributed by atoms with E-state index in [2.05, 4.69) is 5.32 Å². The minimum absolute atomic E-state index is 0.0589. The van der Waals surface area contributed by atoms with Crippen LogP contribution in [0.4, 0.5) is 13.2 Å². The van der Waals surface area contributed by atoms with Gasteiger partial charge in [0.05, 0.1) is 6.04 Å². The Labute approximate surface area is 124 Å². The van der Waals surface area contributed by atoms with Crippen molar-refractivity contribution < 1.29 is 13.2 Å². The summed E-state index contributed by atoms with van der Waals surface area (Å²) < 4.78 is 39.6. The van der Waals surface area contributed by atoms with Crippen LogP contribution in [0.5, 0.6) is 0 Å². The number of hydrogen-bond acceptors (Lipinski definition) is 1. The Bertz CT molecular complexity index is 647. The standard InChI is InChI=1S/C14H10Cl2F3N/c1-20-14(8-3-2-7(17)4-10(8)15)9-5-12(18)13(19)6-11(9)16/h2-6,14,20H,1H3. The highest BCUT2D eigenvalue weighted by molar-refractivity contribution is 6.32. The highest BCUT2D eigenvalue weighted by atomic mass is 35.5. The quantitative estimate of drug-likeness (QED) is 0.807. The normalized spacial score (nSPS) is 12.5. The maximum absolute atomic E-state index is 13.4. The molecule has 2 aromatic carbocycles. The van der Waals surface area contributed by atoms with E-state index in [4.69, 9.17) is 23.2 Å². The van der Waals surface area contributed by atoms with E-state index in [0.29, 0.717) is 11.1 Å². The highest BCUT2D eigenvalue weighted by Gasteiger charge is 2.20. The summed E-state index contributed by atoms with van der Waals surface area (Å²) in [5, 5.41) is 3.13. The third-order valence-electron chi connectivity index (χ3n) is 2.91. The van der Waals surface area contributed by atoms with Gasteiger partial charge in [0, 0.05) is 10.0 Å². The predicted octanol–water partition coefficient (Wildman–Crippen LogP) is 4.72. The average molecular weight is 320 g/mol. The van der Waals surface area contributed by atoms with Crippen LogP contribution in [0.3, 0.4) is 0 Å². The van der Waals surface area contributed by atoms with Crippen LogP contribution in [0.25, 0.3) is 0 Å². The lowest BCUT2D eigenvalue weighted by molar-refractivity contribution is 0.505. The number of nitrogens with one attached hydrogen (secondary N) is 1. The second-order valence-corrected chi connectivity index (χ2v) is 4.99. The fourth-order valence-corrected chi connectivity index (χ4v) is 2.51. The Morgan fingerprint density at radius 2 is 1.50 bits per heavy atom. The van der Waals surface area contributed by atoms with E-state index < -0.39 is 23.5 Å². The largest absolute Gasteiger partial charge is 0.309 e. The van der Waals surface area contributed by atoms with E-state index in [-0.39, 0.29) is 10.0 Å². The lowest BCUT2D eigenvalue weighted by atomic mass is 9.98. The van der Waals surface area contributed by atoms with Crippen LogP contribution in [0.1, 0.15) is 17.2 Å². The van der Waals surface area contributed by atoms with Crippen molar-refractivity contribution in [1.29, 1.82) is 0 Å². The highest BCUT2D eigenvalue weighted by Crippen LogP contribution is 2.33. The van der Waals surface area contributed by atoms with Crippen LogP contribution >= 0.6 is 23.2 Å². The predicted molar refractivity (Wildman–Crippen MR) is 73.7 cm³/mol. The van der Waals surface area contributed by atoms with Gasteiger partial charge in [-0.25, -0.2) is 13.2 Å². The van der Waals surface area contributed by atoms with Gasteiger partial charge in [0.15, 0.2) is 11.6 Å². The molecule has 0 aliphatic rings. The van der Waals surface area contributed by atoms with E-state index in [0.717, 1.165) is 18.2 Å². The minimum atomic E-state index is -1.03. The molecule has 0 bridgehead atoms. The molecule has 0 fully saturated rings. The molecule has 0 aliphatic heterocycles. The summed E-state index contributed by atoms with van der Waals surface area (Å²) in [7, 11) is 1.61. The zero-order chi connectivity index (χ0) is 14.9. The SMILES string of the molecule is CNC(c1ccc(F)cc1Cl)c1cc(F)c(F)cc1Cl. The second kappa shape index (κ2) is 6.04. The van der Waals surface area contributed by atoms with Gasteiger partial charge in [0.2, 0.25) is 0 Å². The molecule has 106 valence electrons. The van der Waals surface area contributed by atoms with Crippen molar-refractivity contribution in [2.24, 2.45) is 0 Å². The molecule has 1 atom stereocenters. The molecule has 0 radical (unpaired) electrons. The maximum atomic E-state index is 13.4. The first-order valence-corrected chi connectivity index (χ1v) is 6.46. The monoisotopic (exact) mass is 319 g/mol. The Morgan fingerprint density at radius 1 is 0.900 bits per heavy atom. The van der Waals surface area contributed by atoms with Crippen molar-refractivity contribution in [3.05, 3.63) is 69.0 Å². The van der Waals surface area contributed by atoms with E-state index in [1.165, 1.54) is 12.1 Å². The lowest BCUT2D eigenvalue weighted by Crippen LogP contribution is -2.19. The molecule has 1 N–H and O–H groups in total. The Hall–Kier alpha value is -1.23. The van der Waals surface area contributed by atoms with Gasteiger partial charge >= 0.3 is 0 Å². The van der Waals surface area contributed by atoms with Crippen LogP contribution in [-0.2, 0) is 0 Å². The molecule has 0 saturated heterocycles. The van der Waals surface area contributed by atoms with Gasteiger partial charge in [-0.3, -0.25) is 0 Å². The lowest BCUT2D eigenvalue weighted by Gasteiger charge is -2.20. The first-order valence-electron chi connectivity index (χ1n) is 5.70. The first kappa shape index (κ1) is 15.2. The van der Waals surface area contributed by atoms with Crippen molar-refractivity contribution in [3.63, 3.8) is 0 Å². The van der Waals surface area contributed by atoms with Crippen LogP contribution in [0.2, 0.25) is 10.0 Å². The van der Waals surface area contributed by atoms with Crippen molar-refractivity contribution in [3.8, 4) is 0 Å². The fourth-order valence-electron chi connectivity index (χ4n) is 1.97. The summed E-state index contributed by atoms with van der Waals surface area (Å²) in [4.78, 5) is 0. The molecule has 1 nitrogen and oxygen atoms in total. The third kappa shape index (κ3) is 2.92. The van der Waals surface area contributed by atoms with Crippen molar-refractivity contribution >= 4 is 23.2 Å². The summed E-state index contributed by atoms with van der Waals surface area (Å²) in [6.07, 6.45) is 0. The molecule has 0 saturated carbocycles. The summed E-state index contributed by atoms with van der Waals surface area (Å²) in [6.45, 7) is 0. The van der Waals surface area contributed by atoms with Crippen LogP contribution in [-0.4, -0.2) is 7.05 Å². The van der Waals surface area contributed by atoms with Crippen LogP contribution in [0.15, 0.2) is 30.3 Å². The maximum Gasteiger partial charge on any atom is 0.160 e. The van der Waals surface area contributed by atoms with Gasteiger partial charge in [0.1, 0.15) is 5.82 Å². The zero-order valence-electron chi connectivity index (χ0n) is 10.4. The minimum Gasteiger partial charge on any atom is -0.309 e. The molecular weight excluding hydrogens is 310 g/mol. The molecule has 2 aromatic rings. The number of halogens is 5. The third-order valence-corrected chi connectivity index (χ3v) is 3.57. The zero-order valence-corrected chi connectivity index (χ0v) is 11.9. The molecule has 1 unspecified atom stereocenters. The Balaban J connectivity index is 2.55. The number of rotatable bonds is 3. The first-order chi connectivity index (χ1) is 9.43. The van der Waals surface area contributed by atoms with Gasteiger partial charge in [-0.15, -0.1) is 0 Å². The molecule has 0 aliphatic carbocycles. The Morgan fingerprint density at radius 3 is 2.10 bits per heavy atom. The molecule has 2 rings (SSSR count). The topological polar surface area (TPSA) is 12.0 Å². The molecular formula is C14H10Cl2F3N. The molecule has 6 heteroatoms. The van der Waals surface area contributed by atoms with E-state index in [9.17, 15) is 13.2 Å². The van der Waals surface area contributed by atoms with E-state index in [1.807, 2.05) is 0 Å². The van der Waals surface area contributed by atoms with Crippen molar-refractivity contribution in [2.45, 2.75) is 6.04 Å². The van der Waals surface area contributed by atoms with E-state index >= 15 is 0 Å². The van der Waals surface area contributed by atoms with Gasteiger partial charge < -0.3 is 5.32 Å². The van der Waals surface area contributed by atoms with E-state index in [1.54, 1.807) is 7.05 Å². The van der Waals surface area contributed by atoms with Gasteiger partial charge in [0.25, 0.3) is 0 Å². The van der Waals surface area contributed by atoms with Crippen LogP contribution < -0.4 is 5.32 Å². The summed E-state index contributed by atoms with van der Waals surface area (Å²) in [6, 6.07) is 5.17.